The van der Waals surface area contributed by atoms with Crippen molar-refractivity contribution >= 4 is 16.8 Å². The maximum Gasteiger partial charge on any atom is 0.245 e. The van der Waals surface area contributed by atoms with E-state index in [4.69, 9.17) is 11.6 Å². The summed E-state index contributed by atoms with van der Waals surface area (Å²) in [6.45, 7) is 10.8. The van der Waals surface area contributed by atoms with Gasteiger partial charge in [-0.3, -0.25) is 4.79 Å². The summed E-state index contributed by atoms with van der Waals surface area (Å²) in [6.07, 6.45) is 7.91. The lowest BCUT2D eigenvalue weighted by Crippen LogP contribution is -2.06. The van der Waals surface area contributed by atoms with Gasteiger partial charge < -0.3 is 0 Å². The lowest BCUT2D eigenvalue weighted by molar-refractivity contribution is -0.107. The van der Waals surface area contributed by atoms with E-state index in [9.17, 15) is 4.79 Å². The Morgan fingerprint density at radius 3 is 2.38 bits per heavy atom. The smallest absolute Gasteiger partial charge is 0.245 e. The molecule has 0 aliphatic carbocycles. The molecule has 0 aromatic rings. The molecule has 0 saturated carbocycles. The van der Waals surface area contributed by atoms with Crippen LogP contribution in [0.5, 0.6) is 0 Å². The number of hydrogen-bond acceptors (Lipinski definition) is 1. The maximum atomic E-state index is 10.6. The molecule has 1 unspecified atom stereocenters. The zero-order chi connectivity index (χ0) is 12.8. The largest absolute Gasteiger partial charge is 0.276 e. The summed E-state index contributed by atoms with van der Waals surface area (Å²) in [5.74, 6) is 0.535. The molecule has 0 aromatic carbocycles. The molecule has 0 heterocycles. The monoisotopic (exact) mass is 242 g/mol. The summed E-state index contributed by atoms with van der Waals surface area (Å²) in [6, 6.07) is 0. The Morgan fingerprint density at radius 2 is 1.94 bits per heavy atom. The van der Waals surface area contributed by atoms with Crippen LogP contribution in [-0.4, -0.2) is 5.24 Å². The van der Waals surface area contributed by atoms with Crippen molar-refractivity contribution in [3.8, 4) is 0 Å². The van der Waals surface area contributed by atoms with Gasteiger partial charge in [-0.05, 0) is 48.3 Å². The number of carbonyl (C=O) groups excluding carboxylic acids is 1. The average Bonchev–Trinajstić information content (AvgIpc) is 2.09. The Bertz CT molecular complexity index is 282. The molecule has 0 aliphatic rings. The maximum absolute atomic E-state index is 10.6. The Balaban J connectivity index is 4.10. The van der Waals surface area contributed by atoms with Crippen molar-refractivity contribution in [2.45, 2.75) is 47.5 Å². The van der Waals surface area contributed by atoms with Crippen LogP contribution in [0, 0.1) is 11.3 Å². The van der Waals surface area contributed by atoms with Crippen LogP contribution >= 0.6 is 11.6 Å². The summed E-state index contributed by atoms with van der Waals surface area (Å²) in [7, 11) is 0. The van der Waals surface area contributed by atoms with Crippen LogP contribution in [0.25, 0.3) is 0 Å². The minimum Gasteiger partial charge on any atom is -0.276 e. The molecule has 0 rings (SSSR count). The molecular formula is C14H23ClO. The number of rotatable bonds is 5. The van der Waals surface area contributed by atoms with Crippen LogP contribution in [0.2, 0.25) is 0 Å². The fourth-order valence-electron chi connectivity index (χ4n) is 1.30. The van der Waals surface area contributed by atoms with E-state index in [2.05, 4.69) is 33.8 Å². The highest BCUT2D eigenvalue weighted by Gasteiger charge is 2.10. The predicted molar refractivity (Wildman–Crippen MR) is 71.6 cm³/mol. The van der Waals surface area contributed by atoms with E-state index in [-0.39, 0.29) is 0 Å². The molecule has 0 amide bonds. The minimum atomic E-state index is -0.413. The SMILES string of the molecule is CC(/C=C/C(C)CCC(C)(C)C)=C\C(=O)Cl. The number of allylic oxidation sites excluding steroid dienone is 4. The second-order valence-electron chi connectivity index (χ2n) is 5.63. The van der Waals surface area contributed by atoms with Crippen molar-refractivity contribution in [2.24, 2.45) is 11.3 Å². The third kappa shape index (κ3) is 9.97. The van der Waals surface area contributed by atoms with Crippen LogP contribution in [-0.2, 0) is 4.79 Å². The van der Waals surface area contributed by atoms with Gasteiger partial charge in [-0.2, -0.15) is 0 Å². The molecule has 16 heavy (non-hydrogen) atoms. The number of halogens is 1. The van der Waals surface area contributed by atoms with Crippen molar-refractivity contribution in [1.29, 1.82) is 0 Å². The topological polar surface area (TPSA) is 17.1 Å². The fourth-order valence-corrected chi connectivity index (χ4v) is 1.47. The van der Waals surface area contributed by atoms with Crippen molar-refractivity contribution in [3.63, 3.8) is 0 Å². The zero-order valence-electron chi connectivity index (χ0n) is 11.0. The Labute approximate surface area is 105 Å². The number of carbonyl (C=O) groups is 1. The third-order valence-corrected chi connectivity index (χ3v) is 2.49. The highest BCUT2D eigenvalue weighted by Crippen LogP contribution is 2.24. The Morgan fingerprint density at radius 1 is 1.38 bits per heavy atom. The van der Waals surface area contributed by atoms with Gasteiger partial charge in [0.1, 0.15) is 0 Å². The molecule has 92 valence electrons. The molecule has 0 spiro atoms. The fraction of sp³-hybridized carbons (Fsp3) is 0.643. The quantitative estimate of drug-likeness (QED) is 0.387. The van der Waals surface area contributed by atoms with Crippen molar-refractivity contribution in [2.75, 3.05) is 0 Å². The van der Waals surface area contributed by atoms with Gasteiger partial charge in [-0.25, -0.2) is 0 Å². The second-order valence-corrected chi connectivity index (χ2v) is 6.00. The van der Waals surface area contributed by atoms with Crippen LogP contribution in [0.1, 0.15) is 47.5 Å². The first-order chi connectivity index (χ1) is 7.20. The van der Waals surface area contributed by atoms with E-state index in [0.29, 0.717) is 11.3 Å². The minimum absolute atomic E-state index is 0.388. The molecule has 0 aromatic heterocycles. The highest BCUT2D eigenvalue weighted by atomic mass is 35.5. The first kappa shape index (κ1) is 15.4. The Hall–Kier alpha value is -0.560. The first-order valence-corrected chi connectivity index (χ1v) is 6.14. The van der Waals surface area contributed by atoms with Crippen LogP contribution in [0.15, 0.2) is 23.8 Å². The molecule has 2 heteroatoms. The summed E-state index contributed by atoms with van der Waals surface area (Å²) in [5.41, 5.74) is 1.29. The van der Waals surface area contributed by atoms with Gasteiger partial charge in [0.15, 0.2) is 0 Å². The zero-order valence-corrected chi connectivity index (χ0v) is 11.8. The van der Waals surface area contributed by atoms with Gasteiger partial charge in [-0.1, -0.05) is 39.8 Å². The Kier molecular flexibility index (Phi) is 6.66. The summed E-state index contributed by atoms with van der Waals surface area (Å²) >= 11 is 5.26. The van der Waals surface area contributed by atoms with E-state index >= 15 is 0 Å². The first-order valence-electron chi connectivity index (χ1n) is 5.76. The van der Waals surface area contributed by atoms with Crippen LogP contribution in [0.3, 0.4) is 0 Å². The van der Waals surface area contributed by atoms with Gasteiger partial charge >= 0.3 is 0 Å². The van der Waals surface area contributed by atoms with Crippen molar-refractivity contribution < 1.29 is 4.79 Å². The molecule has 0 aliphatic heterocycles. The van der Waals surface area contributed by atoms with Gasteiger partial charge in [0.05, 0.1) is 0 Å². The summed E-state index contributed by atoms with van der Waals surface area (Å²) in [4.78, 5) is 10.6. The summed E-state index contributed by atoms with van der Waals surface area (Å²) < 4.78 is 0. The molecule has 0 saturated heterocycles. The number of hydrogen-bond donors (Lipinski definition) is 0. The molecular weight excluding hydrogens is 220 g/mol. The predicted octanol–water partition coefficient (Wildman–Crippen LogP) is 4.72. The molecule has 0 N–H and O–H groups in total. The lowest BCUT2D eigenvalue weighted by atomic mass is 9.87. The van der Waals surface area contributed by atoms with Crippen LogP contribution < -0.4 is 0 Å². The van der Waals surface area contributed by atoms with Gasteiger partial charge in [0.25, 0.3) is 0 Å². The van der Waals surface area contributed by atoms with Crippen molar-refractivity contribution in [1.82, 2.24) is 0 Å². The van der Waals surface area contributed by atoms with E-state index in [0.717, 1.165) is 5.57 Å². The molecule has 0 radical (unpaired) electrons. The highest BCUT2D eigenvalue weighted by molar-refractivity contribution is 6.66. The van der Waals surface area contributed by atoms with Gasteiger partial charge in [-0.15, -0.1) is 0 Å². The van der Waals surface area contributed by atoms with E-state index in [1.807, 2.05) is 13.0 Å². The lowest BCUT2D eigenvalue weighted by Gasteiger charge is -2.19. The molecule has 1 atom stereocenters. The van der Waals surface area contributed by atoms with E-state index in [1.165, 1.54) is 18.9 Å². The molecule has 0 bridgehead atoms. The van der Waals surface area contributed by atoms with Crippen LogP contribution in [0.4, 0.5) is 0 Å². The molecule has 1 nitrogen and oxygen atoms in total. The van der Waals surface area contributed by atoms with Gasteiger partial charge in [0, 0.05) is 6.08 Å². The van der Waals surface area contributed by atoms with Gasteiger partial charge in [0.2, 0.25) is 5.24 Å². The van der Waals surface area contributed by atoms with E-state index < -0.39 is 5.24 Å². The normalized spacial score (nSPS) is 15.5. The standard InChI is InChI=1S/C14H23ClO/c1-11(8-9-14(3,4)5)6-7-12(2)10-13(15)16/h6-7,10-11H,8-9H2,1-5H3/b7-6+,12-10+. The van der Waals surface area contributed by atoms with Crippen molar-refractivity contribution in [3.05, 3.63) is 23.8 Å². The molecule has 0 fully saturated rings. The second kappa shape index (κ2) is 6.90. The summed E-state index contributed by atoms with van der Waals surface area (Å²) in [5, 5.41) is -0.413. The van der Waals surface area contributed by atoms with E-state index in [1.54, 1.807) is 0 Å². The average molecular weight is 243 g/mol. The third-order valence-electron chi connectivity index (χ3n) is 2.38.